The Morgan fingerprint density at radius 2 is 2.05 bits per heavy atom. The largest absolute Gasteiger partial charge is 0.462 e. The number of β-lactam (4-membered cyclic amide) rings is 1. The summed E-state index contributed by atoms with van der Waals surface area (Å²) in [5.74, 6) is -3.35. The molecule has 2 amide bonds. The molecule has 14 nitrogen and oxygen atoms in total. The van der Waals surface area contributed by atoms with Crippen molar-refractivity contribution in [2.24, 2.45) is 5.16 Å². The number of nitrogen functional groups attached to an aromatic ring is 1. The lowest BCUT2D eigenvalue weighted by Gasteiger charge is -2.49. The van der Waals surface area contributed by atoms with Crippen LogP contribution in [-0.4, -0.2) is 80.6 Å². The number of carbonyl (C=O) groups excluding carboxylic acids is 5. The molecule has 3 heterocycles. The highest BCUT2D eigenvalue weighted by Gasteiger charge is 2.54. The fraction of sp³-hybridized carbons (Fsp3) is 0.381. The molecule has 2 aliphatic heterocycles. The Bertz CT molecular complexity index is 1210. The molecule has 1 saturated heterocycles. The van der Waals surface area contributed by atoms with E-state index in [-0.39, 0.29) is 28.9 Å². The van der Waals surface area contributed by atoms with Crippen LogP contribution in [0.3, 0.4) is 0 Å². The van der Waals surface area contributed by atoms with E-state index in [9.17, 15) is 29.2 Å². The number of anilines is 1. The highest BCUT2D eigenvalue weighted by Crippen LogP contribution is 2.41. The number of thioether (sulfide) groups is 1. The Morgan fingerprint density at radius 1 is 1.32 bits per heavy atom. The third-order valence-electron chi connectivity index (χ3n) is 4.86. The number of fused-ring (bicyclic) bond motifs is 1. The highest BCUT2D eigenvalue weighted by atomic mass is 32.2. The summed E-state index contributed by atoms with van der Waals surface area (Å²) < 4.78 is 14.9. The van der Waals surface area contributed by atoms with E-state index in [2.05, 4.69) is 15.5 Å². The number of carbonyl (C=O) groups is 5. The van der Waals surface area contributed by atoms with Gasteiger partial charge in [-0.15, -0.1) is 23.1 Å². The Labute approximate surface area is 218 Å². The normalized spacial score (nSPS) is 20.1. The van der Waals surface area contributed by atoms with Gasteiger partial charge in [-0.1, -0.05) is 11.2 Å². The topological polar surface area (TPSA) is 200 Å². The molecule has 0 saturated carbocycles. The van der Waals surface area contributed by atoms with Gasteiger partial charge in [0.15, 0.2) is 10.8 Å². The Balaban J connectivity index is 1.81. The van der Waals surface area contributed by atoms with Crippen LogP contribution in [0.25, 0.3) is 0 Å². The molecule has 4 N–H and O–H groups in total. The quantitative estimate of drug-likeness (QED) is 0.0933. The number of nitrogens with two attached hydrogens (primary N) is 1. The van der Waals surface area contributed by atoms with Gasteiger partial charge in [0, 0.05) is 31.9 Å². The first-order valence-electron chi connectivity index (χ1n) is 10.6. The van der Waals surface area contributed by atoms with Crippen molar-refractivity contribution in [1.29, 1.82) is 0 Å². The third kappa shape index (κ3) is 6.45. The second kappa shape index (κ2) is 11.9. The number of nitrogens with one attached hydrogen (secondary N) is 1. The molecule has 0 spiro atoms. The highest BCUT2D eigenvalue weighted by molar-refractivity contribution is 8.00. The van der Waals surface area contributed by atoms with E-state index in [1.54, 1.807) is 0 Å². The van der Waals surface area contributed by atoms with Crippen molar-refractivity contribution in [3.8, 4) is 0 Å². The summed E-state index contributed by atoms with van der Waals surface area (Å²) in [6.07, 6.45) is 1.78. The van der Waals surface area contributed by atoms with Crippen molar-refractivity contribution >= 4 is 63.7 Å². The molecule has 2 aliphatic rings. The molecule has 0 radical (unpaired) electrons. The van der Waals surface area contributed by atoms with Crippen LogP contribution in [0.15, 0.2) is 34.0 Å². The molecule has 1 fully saturated rings. The number of amides is 2. The monoisotopic (exact) mass is 553 g/mol. The number of hydrogen-bond acceptors (Lipinski definition) is 14. The van der Waals surface area contributed by atoms with Gasteiger partial charge in [0.05, 0.1) is 0 Å². The maximum atomic E-state index is 13.1. The van der Waals surface area contributed by atoms with Crippen molar-refractivity contribution in [2.45, 2.75) is 38.5 Å². The second-order valence-electron chi connectivity index (χ2n) is 7.54. The van der Waals surface area contributed by atoms with Gasteiger partial charge in [-0.2, -0.15) is 0 Å². The molecular formula is C21H23N5O9S2. The number of esters is 3. The van der Waals surface area contributed by atoms with Crippen LogP contribution in [0.2, 0.25) is 0 Å². The zero-order valence-electron chi connectivity index (χ0n) is 19.8. The summed E-state index contributed by atoms with van der Waals surface area (Å²) in [5.41, 5.74) is 5.45. The molecule has 0 aliphatic carbocycles. The third-order valence-corrected chi connectivity index (χ3v) is 6.84. The van der Waals surface area contributed by atoms with Crippen LogP contribution in [-0.2, 0) is 38.2 Å². The number of thiazole rings is 1. The van der Waals surface area contributed by atoms with Crippen molar-refractivity contribution in [3.05, 3.63) is 34.5 Å². The second-order valence-corrected chi connectivity index (χ2v) is 9.54. The minimum absolute atomic E-state index is 0.0336. The first-order chi connectivity index (χ1) is 17.5. The van der Waals surface area contributed by atoms with Crippen LogP contribution in [0.1, 0.15) is 26.5 Å². The Morgan fingerprint density at radius 3 is 2.65 bits per heavy atom. The molecule has 3 rings (SSSR count). The number of nitrogens with zero attached hydrogens (tertiary/aromatic N) is 3. The molecule has 37 heavy (non-hydrogen) atoms. The van der Waals surface area contributed by atoms with Crippen molar-refractivity contribution < 1.29 is 43.4 Å². The van der Waals surface area contributed by atoms with E-state index in [4.69, 9.17) is 19.9 Å². The Hall–Kier alpha value is -3.92. The maximum absolute atomic E-state index is 13.1. The van der Waals surface area contributed by atoms with E-state index in [0.29, 0.717) is 5.57 Å². The molecule has 1 aromatic heterocycles. The minimum Gasteiger partial charge on any atom is -0.462 e. The predicted octanol–water partition coefficient (Wildman–Crippen LogP) is 0.129. The smallest absolute Gasteiger partial charge is 0.358 e. The Kier molecular flexibility index (Phi) is 8.88. The van der Waals surface area contributed by atoms with Crippen molar-refractivity contribution in [1.82, 2.24) is 15.2 Å². The lowest BCUT2D eigenvalue weighted by atomic mass is 10.0. The van der Waals surface area contributed by atoms with Crippen LogP contribution < -0.4 is 11.1 Å². The van der Waals surface area contributed by atoms with E-state index in [1.807, 2.05) is 0 Å². The van der Waals surface area contributed by atoms with Gasteiger partial charge in [-0.25, -0.2) is 9.78 Å². The zero-order chi connectivity index (χ0) is 27.3. The molecule has 0 aromatic carbocycles. The maximum Gasteiger partial charge on any atom is 0.358 e. The number of aromatic nitrogens is 1. The minimum atomic E-state index is -1.22. The van der Waals surface area contributed by atoms with Crippen LogP contribution in [0.4, 0.5) is 5.13 Å². The first kappa shape index (κ1) is 27.7. The molecule has 3 unspecified atom stereocenters. The molecule has 0 bridgehead atoms. The summed E-state index contributed by atoms with van der Waals surface area (Å²) in [5, 5.41) is 15.7. The SMILES string of the molecule is CC(=O)OC/C=C\C1=C(C(=O)OC(C)OC(C)=O)N2C(=O)C(NC(=O)/C(=N\O)c3csc(N)n3)C2SC1. The predicted molar refractivity (Wildman–Crippen MR) is 130 cm³/mol. The average molecular weight is 554 g/mol. The first-order valence-corrected chi connectivity index (χ1v) is 12.6. The lowest BCUT2D eigenvalue weighted by molar-refractivity contribution is -0.182. The van der Waals surface area contributed by atoms with Gasteiger partial charge >= 0.3 is 17.9 Å². The summed E-state index contributed by atoms with van der Waals surface area (Å²) in [6, 6.07) is -1.05. The van der Waals surface area contributed by atoms with Gasteiger partial charge in [-0.3, -0.25) is 24.1 Å². The van der Waals surface area contributed by atoms with Crippen LogP contribution in [0.5, 0.6) is 0 Å². The van der Waals surface area contributed by atoms with Crippen molar-refractivity contribution in [3.63, 3.8) is 0 Å². The molecule has 1 aromatic rings. The number of rotatable bonds is 9. The average Bonchev–Trinajstić information content (AvgIpc) is 3.25. The molecule has 198 valence electrons. The van der Waals surface area contributed by atoms with Crippen molar-refractivity contribution in [2.75, 3.05) is 18.1 Å². The van der Waals surface area contributed by atoms with E-state index in [0.717, 1.165) is 23.2 Å². The summed E-state index contributed by atoms with van der Waals surface area (Å²) >= 11 is 2.29. The van der Waals surface area contributed by atoms with Crippen LogP contribution >= 0.6 is 23.1 Å². The number of allylic oxidation sites excluding steroid dienone is 1. The summed E-state index contributed by atoms with van der Waals surface area (Å²) in [4.78, 5) is 66.0. The van der Waals surface area contributed by atoms with Gasteiger partial charge in [-0.05, 0) is 11.6 Å². The van der Waals surface area contributed by atoms with E-state index in [1.165, 1.54) is 43.1 Å². The summed E-state index contributed by atoms with van der Waals surface area (Å²) in [7, 11) is 0. The van der Waals surface area contributed by atoms with Gasteiger partial charge in [0.2, 0.25) is 6.29 Å². The fourth-order valence-corrected chi connectivity index (χ4v) is 5.27. The number of hydrogen-bond donors (Lipinski definition) is 3. The molecular weight excluding hydrogens is 530 g/mol. The standard InChI is InChI=1S/C21H23N5O9S2/c1-9(27)33-6-4-5-12-7-36-19-15(24-17(29)14(25-32)13-8-37-21(22)23-13)18(30)26(19)16(12)20(31)35-11(3)34-10(2)28/h4-5,8,11,15,19,32H,6-7H2,1-3H3,(H2,22,23)(H,24,29)/b5-4-,25-14-. The van der Waals surface area contributed by atoms with E-state index >= 15 is 0 Å². The molecule has 16 heteroatoms. The number of ether oxygens (including phenoxy) is 3. The van der Waals surface area contributed by atoms with Gasteiger partial charge in [0.25, 0.3) is 11.8 Å². The van der Waals surface area contributed by atoms with Gasteiger partial charge in [0.1, 0.15) is 29.4 Å². The molecule has 3 atom stereocenters. The summed E-state index contributed by atoms with van der Waals surface area (Å²) in [6.45, 7) is 3.68. The zero-order valence-corrected chi connectivity index (χ0v) is 21.5. The van der Waals surface area contributed by atoms with Crippen LogP contribution in [0, 0.1) is 0 Å². The number of oxime groups is 1. The lowest BCUT2D eigenvalue weighted by Crippen LogP contribution is -2.71. The van der Waals surface area contributed by atoms with E-state index < -0.39 is 53.1 Å². The fourth-order valence-electron chi connectivity index (χ4n) is 3.40. The van der Waals surface area contributed by atoms with Gasteiger partial charge < -0.3 is 30.5 Å².